The lowest BCUT2D eigenvalue weighted by Gasteiger charge is -2.16. The van der Waals surface area contributed by atoms with Gasteiger partial charge in [0.1, 0.15) is 5.75 Å². The van der Waals surface area contributed by atoms with E-state index in [2.05, 4.69) is 10.5 Å². The molecule has 25 heavy (non-hydrogen) atoms. The fraction of sp³-hybridized carbons (Fsp3) is 0.200. The van der Waals surface area contributed by atoms with Gasteiger partial charge in [-0.3, -0.25) is 4.79 Å². The van der Waals surface area contributed by atoms with E-state index < -0.39 is 15.9 Å². The molecule has 0 atom stereocenters. The molecular formula is C15H16ClN3O4S2. The van der Waals surface area contributed by atoms with Crippen molar-refractivity contribution in [2.75, 3.05) is 20.7 Å². The summed E-state index contributed by atoms with van der Waals surface area (Å²) in [5, 5.41) is 5.83. The van der Waals surface area contributed by atoms with Crippen LogP contribution in [0.3, 0.4) is 0 Å². The van der Waals surface area contributed by atoms with Gasteiger partial charge < -0.3 is 4.74 Å². The first-order valence-corrected chi connectivity index (χ1v) is 9.69. The monoisotopic (exact) mass is 401 g/mol. The third kappa shape index (κ3) is 5.02. The van der Waals surface area contributed by atoms with Crippen molar-refractivity contribution in [3.63, 3.8) is 0 Å². The van der Waals surface area contributed by atoms with E-state index in [1.165, 1.54) is 49.9 Å². The fourth-order valence-electron chi connectivity index (χ4n) is 1.84. The Morgan fingerprint density at radius 2 is 2.20 bits per heavy atom. The number of carbonyl (C=O) groups is 1. The van der Waals surface area contributed by atoms with Gasteiger partial charge in [0.2, 0.25) is 10.0 Å². The van der Waals surface area contributed by atoms with Crippen LogP contribution in [0, 0.1) is 0 Å². The van der Waals surface area contributed by atoms with E-state index in [1.54, 1.807) is 0 Å². The van der Waals surface area contributed by atoms with Gasteiger partial charge in [-0.15, -0.1) is 11.3 Å². The minimum absolute atomic E-state index is 0.0318. The Morgan fingerprint density at radius 3 is 2.80 bits per heavy atom. The van der Waals surface area contributed by atoms with Crippen LogP contribution in [-0.4, -0.2) is 45.5 Å². The molecule has 2 rings (SSSR count). The molecule has 0 fully saturated rings. The van der Waals surface area contributed by atoms with Gasteiger partial charge in [-0.1, -0.05) is 17.7 Å². The molecule has 0 aliphatic rings. The van der Waals surface area contributed by atoms with Crippen LogP contribution in [-0.2, 0) is 14.8 Å². The van der Waals surface area contributed by atoms with E-state index in [1.807, 2.05) is 17.5 Å². The summed E-state index contributed by atoms with van der Waals surface area (Å²) >= 11 is 7.42. The number of hydrogen-bond donors (Lipinski definition) is 1. The second kappa shape index (κ2) is 8.43. The van der Waals surface area contributed by atoms with Gasteiger partial charge in [0.15, 0.2) is 0 Å². The van der Waals surface area contributed by atoms with Gasteiger partial charge in [0.05, 0.1) is 29.8 Å². The average Bonchev–Trinajstić information content (AvgIpc) is 3.08. The number of ether oxygens (including phenoxy) is 1. The van der Waals surface area contributed by atoms with Crippen LogP contribution >= 0.6 is 22.9 Å². The molecule has 1 aromatic heterocycles. The third-order valence-corrected chi connectivity index (χ3v) is 6.02. The third-order valence-electron chi connectivity index (χ3n) is 3.12. The number of thiophene rings is 1. The molecule has 0 radical (unpaired) electrons. The number of amides is 1. The number of likely N-dealkylation sites (N-methyl/N-ethyl adjacent to an activating group) is 1. The summed E-state index contributed by atoms with van der Waals surface area (Å²) in [5.41, 5.74) is 2.29. The fourth-order valence-corrected chi connectivity index (χ4v) is 3.90. The molecule has 0 unspecified atom stereocenters. The van der Waals surface area contributed by atoms with E-state index in [0.717, 1.165) is 9.18 Å². The zero-order chi connectivity index (χ0) is 18.4. The first kappa shape index (κ1) is 19.4. The van der Waals surface area contributed by atoms with Crippen molar-refractivity contribution in [2.24, 2.45) is 5.10 Å². The number of hydrazone groups is 1. The molecule has 134 valence electrons. The van der Waals surface area contributed by atoms with Crippen LogP contribution in [0.25, 0.3) is 0 Å². The average molecular weight is 402 g/mol. The zero-order valence-corrected chi connectivity index (χ0v) is 15.9. The molecule has 0 aliphatic heterocycles. The number of carbonyl (C=O) groups excluding carboxylic acids is 1. The Hall–Kier alpha value is -1.94. The minimum atomic E-state index is -3.87. The quantitative estimate of drug-likeness (QED) is 0.569. The van der Waals surface area contributed by atoms with Crippen LogP contribution in [0.5, 0.6) is 5.75 Å². The maximum Gasteiger partial charge on any atom is 0.255 e. The summed E-state index contributed by atoms with van der Waals surface area (Å²) in [6, 6.07) is 7.79. The number of nitrogens with one attached hydrogen (secondary N) is 1. The van der Waals surface area contributed by atoms with Crippen LogP contribution in [0.15, 0.2) is 45.7 Å². The number of methoxy groups -OCH3 is 1. The Balaban J connectivity index is 2.01. The summed E-state index contributed by atoms with van der Waals surface area (Å²) in [5.74, 6) is -0.192. The highest BCUT2D eigenvalue weighted by molar-refractivity contribution is 7.89. The summed E-state index contributed by atoms with van der Waals surface area (Å²) < 4.78 is 30.9. The van der Waals surface area contributed by atoms with Gasteiger partial charge in [-0.25, -0.2) is 13.8 Å². The highest BCUT2D eigenvalue weighted by atomic mass is 35.5. The van der Waals surface area contributed by atoms with Crippen LogP contribution in [0.1, 0.15) is 4.88 Å². The van der Waals surface area contributed by atoms with Crippen molar-refractivity contribution in [1.29, 1.82) is 0 Å². The Bertz CT molecular complexity index is 867. The second-order valence-corrected chi connectivity index (χ2v) is 8.30. The topological polar surface area (TPSA) is 88.1 Å². The lowest BCUT2D eigenvalue weighted by atomic mass is 10.3. The Morgan fingerprint density at radius 1 is 1.44 bits per heavy atom. The van der Waals surface area contributed by atoms with Gasteiger partial charge in [-0.05, 0) is 29.6 Å². The van der Waals surface area contributed by atoms with Crippen molar-refractivity contribution in [3.8, 4) is 5.75 Å². The van der Waals surface area contributed by atoms with Crippen molar-refractivity contribution >= 4 is 45.1 Å². The number of hydrogen-bond acceptors (Lipinski definition) is 6. The summed E-state index contributed by atoms with van der Waals surface area (Å²) in [7, 11) is -1.13. The first-order valence-electron chi connectivity index (χ1n) is 7.00. The highest BCUT2D eigenvalue weighted by Crippen LogP contribution is 2.27. The largest absolute Gasteiger partial charge is 0.495 e. The molecule has 0 saturated heterocycles. The lowest BCUT2D eigenvalue weighted by Crippen LogP contribution is -2.36. The molecule has 1 N–H and O–H groups in total. The van der Waals surface area contributed by atoms with Crippen molar-refractivity contribution in [1.82, 2.24) is 9.73 Å². The van der Waals surface area contributed by atoms with Gasteiger partial charge in [-0.2, -0.15) is 9.41 Å². The lowest BCUT2D eigenvalue weighted by molar-refractivity contribution is -0.121. The number of sulfonamides is 1. The van der Waals surface area contributed by atoms with Crippen LogP contribution in [0.2, 0.25) is 5.02 Å². The summed E-state index contributed by atoms with van der Waals surface area (Å²) in [4.78, 5) is 12.7. The Labute approximate surface area is 154 Å². The first-order chi connectivity index (χ1) is 11.8. The molecule has 0 saturated carbocycles. The molecule has 0 bridgehead atoms. The number of halogens is 1. The van der Waals surface area contributed by atoms with E-state index in [9.17, 15) is 13.2 Å². The standard InChI is InChI=1S/C15H16ClN3O4S2/c1-19(10-15(20)18-17-9-11-4-3-7-24-11)25(21,22)12-5-6-14(23-2)13(16)8-12/h3-9H,10H2,1-2H3,(H,18,20)/b17-9+. The molecule has 1 aromatic carbocycles. The van der Waals surface area contributed by atoms with Gasteiger partial charge in [0, 0.05) is 11.9 Å². The maximum absolute atomic E-state index is 12.5. The smallest absolute Gasteiger partial charge is 0.255 e. The minimum Gasteiger partial charge on any atom is -0.495 e. The highest BCUT2D eigenvalue weighted by Gasteiger charge is 2.23. The van der Waals surface area contributed by atoms with E-state index in [4.69, 9.17) is 16.3 Å². The Kier molecular flexibility index (Phi) is 6.54. The van der Waals surface area contributed by atoms with E-state index in [0.29, 0.717) is 5.75 Å². The normalized spacial score (nSPS) is 11.8. The van der Waals surface area contributed by atoms with Crippen molar-refractivity contribution in [3.05, 3.63) is 45.6 Å². The SMILES string of the molecule is COc1ccc(S(=O)(=O)N(C)CC(=O)N/N=C/c2cccs2)cc1Cl. The number of nitrogens with zero attached hydrogens (tertiary/aromatic N) is 2. The molecule has 0 spiro atoms. The maximum atomic E-state index is 12.5. The van der Waals surface area contributed by atoms with Crippen LogP contribution in [0.4, 0.5) is 0 Å². The predicted octanol–water partition coefficient (Wildman–Crippen LogP) is 2.18. The van der Waals surface area contributed by atoms with Crippen molar-refractivity contribution < 1.29 is 17.9 Å². The van der Waals surface area contributed by atoms with Gasteiger partial charge >= 0.3 is 0 Å². The number of benzene rings is 1. The molecule has 2 aromatic rings. The molecule has 7 nitrogen and oxygen atoms in total. The van der Waals surface area contributed by atoms with Gasteiger partial charge in [0.25, 0.3) is 5.91 Å². The number of rotatable bonds is 7. The van der Waals surface area contributed by atoms with E-state index in [-0.39, 0.29) is 16.5 Å². The molecule has 0 aliphatic carbocycles. The molecule has 1 amide bonds. The van der Waals surface area contributed by atoms with E-state index >= 15 is 0 Å². The van der Waals surface area contributed by atoms with Crippen LogP contribution < -0.4 is 10.2 Å². The summed E-state index contributed by atoms with van der Waals surface area (Å²) in [6.45, 7) is -0.381. The zero-order valence-electron chi connectivity index (χ0n) is 13.5. The van der Waals surface area contributed by atoms with Crippen molar-refractivity contribution in [2.45, 2.75) is 4.90 Å². The molecule has 10 heteroatoms. The molecule has 1 heterocycles. The second-order valence-electron chi connectivity index (χ2n) is 4.87. The molecular weight excluding hydrogens is 386 g/mol. The summed E-state index contributed by atoms with van der Waals surface area (Å²) in [6.07, 6.45) is 1.49. The predicted molar refractivity (Wildman–Crippen MR) is 97.9 cm³/mol.